The van der Waals surface area contributed by atoms with Crippen molar-refractivity contribution < 1.29 is 28.3 Å². The summed E-state index contributed by atoms with van der Waals surface area (Å²) in [4.78, 5) is 39.0. The molecule has 0 aliphatic carbocycles. The monoisotopic (exact) mass is 510 g/mol. The molecule has 1 aromatic heterocycles. The Balaban J connectivity index is 1.60. The molecule has 4 rings (SSSR count). The van der Waals surface area contributed by atoms with E-state index in [0.29, 0.717) is 40.6 Å². The third kappa shape index (κ3) is 5.13. The summed E-state index contributed by atoms with van der Waals surface area (Å²) in [7, 11) is 3.07. The van der Waals surface area contributed by atoms with Gasteiger partial charge in [-0.2, -0.15) is 5.26 Å². The lowest BCUT2D eigenvalue weighted by atomic mass is 9.94. The maximum atomic E-state index is 13.4. The first kappa shape index (κ1) is 26.2. The van der Waals surface area contributed by atoms with Crippen molar-refractivity contribution in [3.8, 4) is 28.9 Å². The molecule has 3 aromatic rings. The van der Waals surface area contributed by atoms with Gasteiger partial charge in [-0.05, 0) is 61.7 Å². The molecule has 0 radical (unpaired) electrons. The van der Waals surface area contributed by atoms with Crippen LogP contribution in [0.2, 0.25) is 0 Å². The molecule has 2 heterocycles. The van der Waals surface area contributed by atoms with Crippen molar-refractivity contribution in [1.29, 1.82) is 5.26 Å². The van der Waals surface area contributed by atoms with Crippen LogP contribution in [0.3, 0.4) is 0 Å². The summed E-state index contributed by atoms with van der Waals surface area (Å²) in [6.45, 7) is 3.16. The molecule has 192 valence electrons. The number of carbonyl (C=O) groups excluding carboxylic acids is 3. The molecule has 0 fully saturated rings. The van der Waals surface area contributed by atoms with Gasteiger partial charge >= 0.3 is 0 Å². The molecular formula is C30H26N2O6. The Morgan fingerprint density at radius 2 is 1.71 bits per heavy atom. The molecule has 8 nitrogen and oxygen atoms in total. The van der Waals surface area contributed by atoms with Gasteiger partial charge in [0.05, 0.1) is 14.2 Å². The van der Waals surface area contributed by atoms with E-state index >= 15 is 0 Å². The van der Waals surface area contributed by atoms with Gasteiger partial charge in [0.2, 0.25) is 0 Å². The van der Waals surface area contributed by atoms with E-state index in [1.54, 1.807) is 62.6 Å². The van der Waals surface area contributed by atoms with Gasteiger partial charge in [0.25, 0.3) is 11.8 Å². The van der Waals surface area contributed by atoms with Crippen LogP contribution in [0.5, 0.6) is 11.5 Å². The third-order valence-electron chi connectivity index (χ3n) is 6.39. The molecule has 8 heteroatoms. The first-order chi connectivity index (χ1) is 18.3. The number of Topliss-reactive ketones (excluding diaryl/α,β-unsaturated/α-hetero) is 1. The van der Waals surface area contributed by atoms with Gasteiger partial charge in [0.1, 0.15) is 23.2 Å². The third-order valence-corrected chi connectivity index (χ3v) is 6.39. The van der Waals surface area contributed by atoms with Gasteiger partial charge in [-0.25, -0.2) is 0 Å². The number of carbonyl (C=O) groups is 3. The SMILES string of the molecule is COc1ccc(CCN2C(=O)C(C#N)=C(C)/C(=C\c3ccc(-c4ccc(C(C)=O)cc4)o3)C2=O)cc1OC. The molecule has 0 saturated heterocycles. The van der Waals surface area contributed by atoms with Crippen LogP contribution in [0.1, 0.15) is 35.5 Å². The quantitative estimate of drug-likeness (QED) is 0.238. The number of methoxy groups -OCH3 is 2. The molecule has 0 unspecified atom stereocenters. The molecule has 2 amide bonds. The van der Waals surface area contributed by atoms with Crippen molar-refractivity contribution in [3.05, 3.63) is 88.2 Å². The summed E-state index contributed by atoms with van der Waals surface area (Å²) in [5.41, 5.74) is 2.62. The Kier molecular flexibility index (Phi) is 7.58. The number of rotatable bonds is 8. The highest BCUT2D eigenvalue weighted by molar-refractivity contribution is 6.19. The zero-order valence-corrected chi connectivity index (χ0v) is 21.5. The van der Waals surface area contributed by atoms with E-state index in [1.165, 1.54) is 20.1 Å². The standard InChI is InChI=1S/C30H26N2O6/c1-18-24(16-23-10-12-26(38-23)22-8-6-21(7-9-22)19(2)33)29(34)32(30(35)25(18)17-31)14-13-20-5-11-27(36-3)28(15-20)37-4/h5-12,15-16H,13-14H2,1-4H3/b24-16+. The van der Waals surface area contributed by atoms with Crippen molar-refractivity contribution in [3.63, 3.8) is 0 Å². The zero-order valence-electron chi connectivity index (χ0n) is 21.5. The molecule has 0 atom stereocenters. The van der Waals surface area contributed by atoms with E-state index in [2.05, 4.69) is 0 Å². The summed E-state index contributed by atoms with van der Waals surface area (Å²) in [6.07, 6.45) is 1.91. The molecule has 0 saturated carbocycles. The first-order valence-corrected chi connectivity index (χ1v) is 11.9. The summed E-state index contributed by atoms with van der Waals surface area (Å²) < 4.78 is 16.5. The summed E-state index contributed by atoms with van der Waals surface area (Å²) in [5.74, 6) is 0.903. The number of ether oxygens (including phenoxy) is 2. The van der Waals surface area contributed by atoms with Crippen LogP contribution >= 0.6 is 0 Å². The molecule has 0 N–H and O–H groups in total. The second-order valence-corrected chi connectivity index (χ2v) is 8.71. The minimum atomic E-state index is -0.627. The Labute approximate surface area is 220 Å². The van der Waals surface area contributed by atoms with E-state index < -0.39 is 11.8 Å². The van der Waals surface area contributed by atoms with Gasteiger partial charge in [-0.15, -0.1) is 0 Å². The Morgan fingerprint density at radius 3 is 2.34 bits per heavy atom. The largest absolute Gasteiger partial charge is 0.493 e. The summed E-state index contributed by atoms with van der Waals surface area (Å²) in [5, 5.41) is 9.67. The van der Waals surface area contributed by atoms with E-state index in [9.17, 15) is 19.6 Å². The van der Waals surface area contributed by atoms with E-state index in [1.807, 2.05) is 12.1 Å². The second-order valence-electron chi connectivity index (χ2n) is 8.71. The van der Waals surface area contributed by atoms with Crippen molar-refractivity contribution >= 4 is 23.7 Å². The number of nitriles is 1. The average Bonchev–Trinajstić information content (AvgIpc) is 3.40. The van der Waals surface area contributed by atoms with Crippen LogP contribution in [-0.2, 0) is 16.0 Å². The van der Waals surface area contributed by atoms with Crippen LogP contribution in [-0.4, -0.2) is 43.3 Å². The minimum Gasteiger partial charge on any atom is -0.493 e. The van der Waals surface area contributed by atoms with Crippen LogP contribution in [0, 0.1) is 11.3 Å². The number of hydrogen-bond acceptors (Lipinski definition) is 7. The van der Waals surface area contributed by atoms with Crippen molar-refractivity contribution in [2.75, 3.05) is 20.8 Å². The van der Waals surface area contributed by atoms with Crippen molar-refractivity contribution in [2.45, 2.75) is 20.3 Å². The van der Waals surface area contributed by atoms with Crippen LogP contribution in [0.15, 0.2) is 75.7 Å². The lowest BCUT2D eigenvalue weighted by Gasteiger charge is -2.27. The zero-order chi connectivity index (χ0) is 27.4. The average molecular weight is 511 g/mol. The fraction of sp³-hybridized carbons (Fsp3) is 0.200. The lowest BCUT2D eigenvalue weighted by molar-refractivity contribution is -0.140. The van der Waals surface area contributed by atoms with E-state index in [0.717, 1.165) is 16.0 Å². The predicted molar refractivity (Wildman–Crippen MR) is 140 cm³/mol. The van der Waals surface area contributed by atoms with Crippen LogP contribution < -0.4 is 9.47 Å². The number of nitrogens with zero attached hydrogens (tertiary/aromatic N) is 2. The van der Waals surface area contributed by atoms with Crippen LogP contribution in [0.25, 0.3) is 17.4 Å². The normalized spacial score (nSPS) is 14.6. The van der Waals surface area contributed by atoms with Crippen molar-refractivity contribution in [2.24, 2.45) is 0 Å². The smallest absolute Gasteiger partial charge is 0.271 e. The number of benzene rings is 2. The second kappa shape index (κ2) is 11.0. The van der Waals surface area contributed by atoms with Gasteiger partial charge in [-0.1, -0.05) is 30.3 Å². The molecule has 0 bridgehead atoms. The van der Waals surface area contributed by atoms with Crippen molar-refractivity contribution in [1.82, 2.24) is 4.90 Å². The highest BCUT2D eigenvalue weighted by Crippen LogP contribution is 2.31. The highest BCUT2D eigenvalue weighted by atomic mass is 16.5. The topological polar surface area (TPSA) is 110 Å². The Bertz CT molecular complexity index is 1520. The number of ketones is 1. The lowest BCUT2D eigenvalue weighted by Crippen LogP contribution is -2.43. The maximum absolute atomic E-state index is 13.4. The molecule has 0 spiro atoms. The highest BCUT2D eigenvalue weighted by Gasteiger charge is 2.35. The maximum Gasteiger partial charge on any atom is 0.271 e. The number of amides is 2. The fourth-order valence-electron chi connectivity index (χ4n) is 4.21. The molecule has 1 aliphatic rings. The summed E-state index contributed by atoms with van der Waals surface area (Å²) >= 11 is 0. The predicted octanol–water partition coefficient (Wildman–Crippen LogP) is 5.00. The van der Waals surface area contributed by atoms with Gasteiger partial charge < -0.3 is 13.9 Å². The van der Waals surface area contributed by atoms with E-state index in [4.69, 9.17) is 13.9 Å². The summed E-state index contributed by atoms with van der Waals surface area (Å²) in [6, 6.07) is 17.8. The van der Waals surface area contributed by atoms with Gasteiger partial charge in [0, 0.05) is 23.2 Å². The molecule has 38 heavy (non-hydrogen) atoms. The first-order valence-electron chi connectivity index (χ1n) is 11.9. The van der Waals surface area contributed by atoms with Crippen LogP contribution in [0.4, 0.5) is 0 Å². The molecule has 2 aromatic carbocycles. The minimum absolute atomic E-state index is 0.0296. The fourth-order valence-corrected chi connectivity index (χ4v) is 4.21. The van der Waals surface area contributed by atoms with Gasteiger partial charge in [0.15, 0.2) is 17.3 Å². The van der Waals surface area contributed by atoms with E-state index in [-0.39, 0.29) is 23.5 Å². The van der Waals surface area contributed by atoms with Gasteiger partial charge in [-0.3, -0.25) is 19.3 Å². The number of hydrogen-bond donors (Lipinski definition) is 0. The molecular weight excluding hydrogens is 484 g/mol. The molecule has 1 aliphatic heterocycles. The Hall–Kier alpha value is -4.90. The Morgan fingerprint density at radius 1 is 1.00 bits per heavy atom. The number of furan rings is 1. The number of imide groups is 1.